The number of aliphatic carboxylic acids is 1. The number of benzene rings is 2. The molecule has 1 amide bonds. The summed E-state index contributed by atoms with van der Waals surface area (Å²) in [6.45, 7) is 1.77. The van der Waals surface area contributed by atoms with Crippen molar-refractivity contribution in [2.75, 3.05) is 26.9 Å². The minimum atomic E-state index is -1.31. The Hall–Kier alpha value is -3.52. The van der Waals surface area contributed by atoms with Gasteiger partial charge >= 0.3 is 5.97 Å². The summed E-state index contributed by atoms with van der Waals surface area (Å²) < 4.78 is 19.3. The highest BCUT2D eigenvalue weighted by Crippen LogP contribution is 2.47. The molecular formula is C30H34N2O6. The molecule has 2 N–H and O–H groups in total. The first-order valence-electron chi connectivity index (χ1n) is 13.6. The topological polar surface area (TPSA) is 99.0 Å². The molecule has 3 aromatic rings. The van der Waals surface area contributed by atoms with Gasteiger partial charge in [0.15, 0.2) is 0 Å². The van der Waals surface area contributed by atoms with Crippen LogP contribution in [-0.2, 0) is 16.1 Å². The van der Waals surface area contributed by atoms with Gasteiger partial charge in [0.05, 0.1) is 19.3 Å². The standard InChI is InChI=1S/C30H34N2O6/c1-36-21-8-10-23-25(18-21)38-16-13-32-24-17-20(28(33)31-30(29(34)35)11-14-37-15-12-30)7-9-22(24)26(27(23)32)19-5-3-2-4-6-19/h7-10,17-19H,2-6,11-16H2,1H3,(H,31,33)(H,34,35). The lowest BCUT2D eigenvalue weighted by atomic mass is 9.81. The first-order chi connectivity index (χ1) is 18.5. The maximum Gasteiger partial charge on any atom is 0.329 e. The van der Waals surface area contributed by atoms with Crippen LogP contribution in [-0.4, -0.2) is 54.0 Å². The Balaban J connectivity index is 1.47. The predicted octanol–water partition coefficient (Wildman–Crippen LogP) is 5.12. The number of carbonyl (C=O) groups is 2. The van der Waals surface area contributed by atoms with Crippen molar-refractivity contribution in [1.82, 2.24) is 9.88 Å². The molecule has 200 valence electrons. The molecule has 1 saturated carbocycles. The molecule has 0 bridgehead atoms. The molecule has 8 heteroatoms. The van der Waals surface area contributed by atoms with Crippen molar-refractivity contribution in [3.8, 4) is 22.8 Å². The third kappa shape index (κ3) is 4.21. The van der Waals surface area contributed by atoms with E-state index in [1.54, 1.807) is 7.11 Å². The minimum Gasteiger partial charge on any atom is -0.497 e. The van der Waals surface area contributed by atoms with E-state index in [4.69, 9.17) is 14.2 Å². The summed E-state index contributed by atoms with van der Waals surface area (Å²) in [6, 6.07) is 11.8. The normalized spacial score (nSPS) is 19.1. The predicted molar refractivity (Wildman–Crippen MR) is 143 cm³/mol. The molecule has 3 heterocycles. The average Bonchev–Trinajstić information content (AvgIpc) is 3.15. The van der Waals surface area contributed by atoms with Crippen molar-refractivity contribution in [3.05, 3.63) is 47.5 Å². The minimum absolute atomic E-state index is 0.250. The van der Waals surface area contributed by atoms with Crippen LogP contribution >= 0.6 is 0 Å². The summed E-state index contributed by atoms with van der Waals surface area (Å²) in [7, 11) is 1.66. The zero-order chi connectivity index (χ0) is 26.3. The van der Waals surface area contributed by atoms with Gasteiger partial charge in [-0.2, -0.15) is 0 Å². The summed E-state index contributed by atoms with van der Waals surface area (Å²) in [6.07, 6.45) is 6.48. The van der Waals surface area contributed by atoms with Gasteiger partial charge < -0.3 is 29.2 Å². The quantitative estimate of drug-likeness (QED) is 0.486. The molecule has 6 rings (SSSR count). The van der Waals surface area contributed by atoms with Crippen molar-refractivity contribution >= 4 is 22.8 Å². The van der Waals surface area contributed by atoms with Crippen molar-refractivity contribution < 1.29 is 28.9 Å². The number of amides is 1. The molecule has 0 spiro atoms. The molecule has 3 aliphatic rings. The van der Waals surface area contributed by atoms with Gasteiger partial charge in [-0.25, -0.2) is 4.79 Å². The van der Waals surface area contributed by atoms with Crippen molar-refractivity contribution in [2.24, 2.45) is 0 Å². The van der Waals surface area contributed by atoms with E-state index in [2.05, 4.69) is 22.0 Å². The summed E-state index contributed by atoms with van der Waals surface area (Å²) >= 11 is 0. The maximum absolute atomic E-state index is 13.4. The van der Waals surface area contributed by atoms with Gasteiger partial charge in [0.2, 0.25) is 0 Å². The van der Waals surface area contributed by atoms with Crippen LogP contribution in [0.25, 0.3) is 22.2 Å². The first kappa shape index (κ1) is 24.8. The Kier molecular flexibility index (Phi) is 6.51. The van der Waals surface area contributed by atoms with Gasteiger partial charge in [-0.3, -0.25) is 4.79 Å². The Morgan fingerprint density at radius 2 is 1.84 bits per heavy atom. The van der Waals surface area contributed by atoms with E-state index in [9.17, 15) is 14.7 Å². The number of aromatic nitrogens is 1. The number of fused-ring (bicyclic) bond motifs is 5. The highest BCUT2D eigenvalue weighted by molar-refractivity contribution is 6.03. The van der Waals surface area contributed by atoms with E-state index in [0.717, 1.165) is 46.5 Å². The Morgan fingerprint density at radius 1 is 1.05 bits per heavy atom. The highest BCUT2D eigenvalue weighted by atomic mass is 16.5. The molecule has 2 fully saturated rings. The number of ether oxygens (including phenoxy) is 3. The monoisotopic (exact) mass is 518 g/mol. The van der Waals surface area contributed by atoms with Crippen LogP contribution in [0.1, 0.15) is 66.8 Å². The van der Waals surface area contributed by atoms with Gasteiger partial charge in [0.25, 0.3) is 5.91 Å². The van der Waals surface area contributed by atoms with E-state index in [-0.39, 0.29) is 18.7 Å². The second-order valence-electron chi connectivity index (χ2n) is 10.6. The van der Waals surface area contributed by atoms with E-state index in [0.29, 0.717) is 37.8 Å². The molecule has 1 aromatic heterocycles. The Morgan fingerprint density at radius 3 is 2.58 bits per heavy atom. The van der Waals surface area contributed by atoms with Gasteiger partial charge in [-0.05, 0) is 48.6 Å². The summed E-state index contributed by atoms with van der Waals surface area (Å²) in [5.41, 5.74) is 3.66. The number of methoxy groups -OCH3 is 1. The lowest BCUT2D eigenvalue weighted by Crippen LogP contribution is -2.57. The zero-order valence-corrected chi connectivity index (χ0v) is 21.8. The number of carbonyl (C=O) groups excluding carboxylic acids is 1. The fraction of sp³-hybridized carbons (Fsp3) is 0.467. The van der Waals surface area contributed by atoms with Crippen LogP contribution in [0.2, 0.25) is 0 Å². The smallest absolute Gasteiger partial charge is 0.329 e. The van der Waals surface area contributed by atoms with Crippen LogP contribution in [0.4, 0.5) is 0 Å². The molecule has 2 aromatic carbocycles. The van der Waals surface area contributed by atoms with Crippen molar-refractivity contribution in [3.63, 3.8) is 0 Å². The maximum atomic E-state index is 13.4. The lowest BCUT2D eigenvalue weighted by Gasteiger charge is -2.33. The second kappa shape index (κ2) is 9.98. The van der Waals surface area contributed by atoms with Crippen LogP contribution in [0.15, 0.2) is 36.4 Å². The number of nitrogens with zero attached hydrogens (tertiary/aromatic N) is 1. The number of hydrogen-bond acceptors (Lipinski definition) is 5. The number of rotatable bonds is 5. The van der Waals surface area contributed by atoms with E-state index < -0.39 is 11.5 Å². The van der Waals surface area contributed by atoms with E-state index in [1.165, 1.54) is 24.8 Å². The van der Waals surface area contributed by atoms with Crippen LogP contribution in [0.3, 0.4) is 0 Å². The molecule has 1 aliphatic carbocycles. The van der Waals surface area contributed by atoms with Gasteiger partial charge in [0.1, 0.15) is 23.6 Å². The molecule has 38 heavy (non-hydrogen) atoms. The first-order valence-corrected chi connectivity index (χ1v) is 13.6. The Bertz CT molecular complexity index is 1380. The molecule has 0 unspecified atom stereocenters. The Labute approximate surface area is 221 Å². The van der Waals surface area contributed by atoms with E-state index >= 15 is 0 Å². The zero-order valence-electron chi connectivity index (χ0n) is 21.8. The SMILES string of the molecule is COc1ccc2c(c1)OCCn1c-2c(C2CCCCC2)c2ccc(C(=O)NC3(C(=O)O)CCOCC3)cc21. The molecule has 8 nitrogen and oxygen atoms in total. The van der Waals surface area contributed by atoms with Gasteiger partial charge in [0, 0.05) is 54.2 Å². The number of hydrogen-bond donors (Lipinski definition) is 2. The number of nitrogens with one attached hydrogen (secondary N) is 1. The van der Waals surface area contributed by atoms with Crippen LogP contribution in [0, 0.1) is 0 Å². The summed E-state index contributed by atoms with van der Waals surface area (Å²) in [5.74, 6) is 0.611. The molecule has 1 saturated heterocycles. The third-order valence-electron chi connectivity index (χ3n) is 8.50. The van der Waals surface area contributed by atoms with Crippen molar-refractivity contribution in [2.45, 2.75) is 62.9 Å². The fourth-order valence-corrected chi connectivity index (χ4v) is 6.44. The summed E-state index contributed by atoms with van der Waals surface area (Å²) in [5, 5.41) is 13.9. The van der Waals surface area contributed by atoms with Crippen LogP contribution < -0.4 is 14.8 Å². The number of carboxylic acid groups (broad SMARTS) is 1. The van der Waals surface area contributed by atoms with Crippen molar-refractivity contribution in [1.29, 1.82) is 0 Å². The number of carboxylic acids is 1. The lowest BCUT2D eigenvalue weighted by molar-refractivity contribution is -0.148. The van der Waals surface area contributed by atoms with Gasteiger partial charge in [-0.1, -0.05) is 25.3 Å². The van der Waals surface area contributed by atoms with Gasteiger partial charge in [-0.15, -0.1) is 0 Å². The highest BCUT2D eigenvalue weighted by Gasteiger charge is 2.42. The fourth-order valence-electron chi connectivity index (χ4n) is 6.44. The largest absolute Gasteiger partial charge is 0.497 e. The molecule has 0 atom stereocenters. The summed E-state index contributed by atoms with van der Waals surface area (Å²) in [4.78, 5) is 25.5. The second-order valence-corrected chi connectivity index (χ2v) is 10.6. The average molecular weight is 519 g/mol. The molecular weight excluding hydrogens is 484 g/mol. The molecule has 2 aliphatic heterocycles. The van der Waals surface area contributed by atoms with Crippen LogP contribution in [0.5, 0.6) is 11.5 Å². The third-order valence-corrected chi connectivity index (χ3v) is 8.50. The van der Waals surface area contributed by atoms with E-state index in [1.807, 2.05) is 24.3 Å². The molecule has 0 radical (unpaired) electrons.